The number of fused-ring (bicyclic) bond motifs is 1. The molecule has 0 aromatic carbocycles. The second-order valence-electron chi connectivity index (χ2n) is 4.40. The van der Waals surface area contributed by atoms with E-state index in [1.54, 1.807) is 11.4 Å². The van der Waals surface area contributed by atoms with E-state index in [-0.39, 0.29) is 11.0 Å². The van der Waals surface area contributed by atoms with Crippen LogP contribution in [0.3, 0.4) is 0 Å². The first-order chi connectivity index (χ1) is 8.62. The Balaban J connectivity index is 2.70. The molecule has 2 aromatic heterocycles. The van der Waals surface area contributed by atoms with Gasteiger partial charge in [-0.2, -0.15) is 5.26 Å². The van der Waals surface area contributed by atoms with Crippen molar-refractivity contribution >= 4 is 5.65 Å². The van der Waals surface area contributed by atoms with Crippen molar-refractivity contribution in [3.05, 3.63) is 33.4 Å². The van der Waals surface area contributed by atoms with Gasteiger partial charge in [-0.25, -0.2) is 9.50 Å². The van der Waals surface area contributed by atoms with E-state index in [1.807, 2.05) is 6.07 Å². The Bertz CT molecular complexity index is 671. The van der Waals surface area contributed by atoms with Crippen LogP contribution in [0.4, 0.5) is 0 Å². The third kappa shape index (κ3) is 1.80. The van der Waals surface area contributed by atoms with E-state index in [0.29, 0.717) is 17.3 Å². The number of rotatable bonds is 3. The van der Waals surface area contributed by atoms with Crippen molar-refractivity contribution < 1.29 is 0 Å². The van der Waals surface area contributed by atoms with Gasteiger partial charge < -0.3 is 0 Å². The lowest BCUT2D eigenvalue weighted by molar-refractivity contribution is 0.600. The molecule has 2 heterocycles. The molecular formula is C13H16N4O. The summed E-state index contributed by atoms with van der Waals surface area (Å²) in [5, 5.41) is 12.2. The van der Waals surface area contributed by atoms with Gasteiger partial charge in [0.2, 0.25) is 5.43 Å². The number of aromatic amines is 1. The zero-order chi connectivity index (χ0) is 13.3. The first kappa shape index (κ1) is 12.4. The number of nitriles is 1. The molecule has 5 heteroatoms. The highest BCUT2D eigenvalue weighted by Crippen LogP contribution is 2.20. The summed E-state index contributed by atoms with van der Waals surface area (Å²) in [6, 6.07) is 3.35. The van der Waals surface area contributed by atoms with E-state index in [4.69, 9.17) is 5.26 Å². The molecule has 94 valence electrons. The average Bonchev–Trinajstić information content (AvgIpc) is 2.75. The summed E-state index contributed by atoms with van der Waals surface area (Å²) in [5.41, 5.74) is 1.10. The van der Waals surface area contributed by atoms with Gasteiger partial charge in [0.15, 0.2) is 5.65 Å². The zero-order valence-electron chi connectivity index (χ0n) is 10.8. The number of aryl methyl sites for hydroxylation is 1. The van der Waals surface area contributed by atoms with Crippen LogP contribution in [-0.4, -0.2) is 14.6 Å². The first-order valence-corrected chi connectivity index (χ1v) is 6.14. The summed E-state index contributed by atoms with van der Waals surface area (Å²) in [6.07, 6.45) is 1.98. The van der Waals surface area contributed by atoms with Crippen LogP contribution in [-0.2, 0) is 0 Å². The van der Waals surface area contributed by atoms with Crippen LogP contribution in [0.1, 0.15) is 49.7 Å². The number of pyridine rings is 1. The van der Waals surface area contributed by atoms with Crippen molar-refractivity contribution in [2.24, 2.45) is 0 Å². The normalized spacial score (nSPS) is 11.1. The zero-order valence-corrected chi connectivity index (χ0v) is 10.8. The fourth-order valence-electron chi connectivity index (χ4n) is 2.20. The lowest BCUT2D eigenvalue weighted by atomic mass is 10.0. The average molecular weight is 244 g/mol. The maximum atomic E-state index is 11.7. The maximum absolute atomic E-state index is 11.7. The summed E-state index contributed by atoms with van der Waals surface area (Å²) < 4.78 is 1.72. The highest BCUT2D eigenvalue weighted by atomic mass is 16.1. The minimum absolute atomic E-state index is 0.173. The number of H-pyrrole nitrogens is 1. The van der Waals surface area contributed by atoms with Gasteiger partial charge in [-0.15, -0.1) is 0 Å². The van der Waals surface area contributed by atoms with Crippen LogP contribution < -0.4 is 5.43 Å². The second kappa shape index (κ2) is 4.65. The van der Waals surface area contributed by atoms with E-state index >= 15 is 0 Å². The molecule has 0 aliphatic carbocycles. The van der Waals surface area contributed by atoms with Gasteiger partial charge in [0, 0.05) is 12.0 Å². The van der Waals surface area contributed by atoms with Crippen molar-refractivity contribution in [3.63, 3.8) is 0 Å². The molecule has 0 atom stereocenters. The molecule has 0 saturated heterocycles. The number of hydrogen-bond donors (Lipinski definition) is 1. The molecule has 1 N–H and O–H groups in total. The topological polar surface area (TPSA) is 73.9 Å². The highest BCUT2D eigenvalue weighted by Gasteiger charge is 2.15. The Labute approximate surface area is 105 Å². The molecule has 18 heavy (non-hydrogen) atoms. The molecule has 0 saturated carbocycles. The molecule has 0 spiro atoms. The summed E-state index contributed by atoms with van der Waals surface area (Å²) in [7, 11) is 0. The van der Waals surface area contributed by atoms with Crippen molar-refractivity contribution in [2.45, 2.75) is 39.5 Å². The quantitative estimate of drug-likeness (QED) is 0.898. The summed E-state index contributed by atoms with van der Waals surface area (Å²) in [4.78, 5) is 16.2. The van der Waals surface area contributed by atoms with Crippen molar-refractivity contribution in [3.8, 4) is 6.07 Å². The Kier molecular flexibility index (Phi) is 3.19. The molecule has 5 nitrogen and oxygen atoms in total. The minimum Gasteiger partial charge on any atom is -0.288 e. The number of aromatic nitrogens is 3. The largest absolute Gasteiger partial charge is 0.288 e. The highest BCUT2D eigenvalue weighted by molar-refractivity contribution is 5.46. The van der Waals surface area contributed by atoms with E-state index in [2.05, 4.69) is 23.9 Å². The maximum Gasteiger partial charge on any atom is 0.201 e. The Morgan fingerprint density at radius 2 is 2.17 bits per heavy atom. The number of nitrogens with one attached hydrogen (secondary N) is 1. The fraction of sp³-hybridized carbons (Fsp3) is 0.462. The monoisotopic (exact) mass is 244 g/mol. The van der Waals surface area contributed by atoms with Gasteiger partial charge >= 0.3 is 0 Å². The van der Waals surface area contributed by atoms with Crippen molar-refractivity contribution in [2.75, 3.05) is 0 Å². The van der Waals surface area contributed by atoms with Crippen LogP contribution in [0.5, 0.6) is 0 Å². The SMILES string of the molecule is CCC(CC)c1nc2cc(=O)c(C#N)c(C)n2[nH]1. The third-order valence-corrected chi connectivity index (χ3v) is 3.38. The van der Waals surface area contributed by atoms with E-state index in [1.165, 1.54) is 6.07 Å². The predicted molar refractivity (Wildman–Crippen MR) is 68.6 cm³/mol. The Morgan fingerprint density at radius 1 is 1.50 bits per heavy atom. The van der Waals surface area contributed by atoms with Crippen LogP contribution in [0.15, 0.2) is 10.9 Å². The molecule has 0 aliphatic rings. The lowest BCUT2D eigenvalue weighted by Gasteiger charge is -2.07. The lowest BCUT2D eigenvalue weighted by Crippen LogP contribution is -2.11. The Hall–Kier alpha value is -2.09. The minimum atomic E-state index is -0.266. The van der Waals surface area contributed by atoms with E-state index < -0.39 is 0 Å². The van der Waals surface area contributed by atoms with Gasteiger partial charge in [-0.1, -0.05) is 13.8 Å². The molecule has 0 radical (unpaired) electrons. The molecule has 0 fully saturated rings. The third-order valence-electron chi connectivity index (χ3n) is 3.38. The van der Waals surface area contributed by atoms with Crippen LogP contribution >= 0.6 is 0 Å². The predicted octanol–water partition coefficient (Wildman–Crippen LogP) is 2.11. The smallest absolute Gasteiger partial charge is 0.201 e. The molecule has 0 unspecified atom stereocenters. The van der Waals surface area contributed by atoms with Crippen LogP contribution in [0, 0.1) is 18.3 Å². The van der Waals surface area contributed by atoms with Crippen LogP contribution in [0.25, 0.3) is 5.65 Å². The van der Waals surface area contributed by atoms with Gasteiger partial charge in [0.05, 0.1) is 5.69 Å². The van der Waals surface area contributed by atoms with Gasteiger partial charge in [-0.3, -0.25) is 9.89 Å². The van der Waals surface area contributed by atoms with E-state index in [0.717, 1.165) is 18.7 Å². The molecule has 2 aromatic rings. The molecule has 0 bridgehead atoms. The van der Waals surface area contributed by atoms with Gasteiger partial charge in [0.25, 0.3) is 0 Å². The summed E-state index contributed by atoms with van der Waals surface area (Å²) in [5.74, 6) is 1.22. The van der Waals surface area contributed by atoms with E-state index in [9.17, 15) is 4.79 Å². The summed E-state index contributed by atoms with van der Waals surface area (Å²) in [6.45, 7) is 5.97. The standard InChI is InChI=1S/C13H16N4O/c1-4-9(5-2)13-15-12-6-11(18)10(7-14)8(3)17(12)16-13/h6,9H,4-5H2,1-3H3,(H,15,16). The second-order valence-corrected chi connectivity index (χ2v) is 4.40. The Morgan fingerprint density at radius 3 is 2.72 bits per heavy atom. The number of hydrogen-bond acceptors (Lipinski definition) is 3. The molecule has 0 amide bonds. The van der Waals surface area contributed by atoms with Gasteiger partial charge in [-0.05, 0) is 19.8 Å². The summed E-state index contributed by atoms with van der Waals surface area (Å²) >= 11 is 0. The fourth-order valence-corrected chi connectivity index (χ4v) is 2.20. The van der Waals surface area contributed by atoms with Crippen LogP contribution in [0.2, 0.25) is 0 Å². The molecular weight excluding hydrogens is 228 g/mol. The van der Waals surface area contributed by atoms with Crippen molar-refractivity contribution in [1.29, 1.82) is 5.26 Å². The first-order valence-electron chi connectivity index (χ1n) is 6.14. The van der Waals surface area contributed by atoms with Crippen molar-refractivity contribution in [1.82, 2.24) is 14.6 Å². The number of nitrogens with zero attached hydrogens (tertiary/aromatic N) is 3. The molecule has 2 rings (SSSR count). The molecule has 0 aliphatic heterocycles. The van der Waals surface area contributed by atoms with Gasteiger partial charge in [0.1, 0.15) is 17.5 Å².